The van der Waals surface area contributed by atoms with Crippen LogP contribution in [0.4, 0.5) is 21.5 Å². The van der Waals surface area contributed by atoms with Crippen LogP contribution in [0.1, 0.15) is 26.2 Å². The van der Waals surface area contributed by atoms with Crippen LogP contribution in [0.2, 0.25) is 0 Å². The largest absolute Gasteiger partial charge is 0.456 e. The van der Waals surface area contributed by atoms with E-state index in [1.165, 1.54) is 31.2 Å². The molecule has 0 saturated heterocycles. The highest BCUT2D eigenvalue weighted by Gasteiger charge is 2.10. The van der Waals surface area contributed by atoms with E-state index in [9.17, 15) is 23.6 Å². The molecule has 2 rings (SSSR count). The van der Waals surface area contributed by atoms with Crippen LogP contribution in [-0.2, 0) is 23.9 Å². The zero-order valence-electron chi connectivity index (χ0n) is 16.4. The molecule has 0 aliphatic carbocycles. The second-order valence-electron chi connectivity index (χ2n) is 6.38. The van der Waals surface area contributed by atoms with Crippen molar-refractivity contribution in [3.63, 3.8) is 0 Å². The molecule has 0 aromatic heterocycles. The average Bonchev–Trinajstić information content (AvgIpc) is 2.69. The predicted molar refractivity (Wildman–Crippen MR) is 109 cm³/mol. The van der Waals surface area contributed by atoms with E-state index in [0.717, 1.165) is 0 Å². The third-order valence-corrected chi connectivity index (χ3v) is 3.77. The number of ether oxygens (including phenoxy) is 1. The first kappa shape index (κ1) is 22.5. The summed E-state index contributed by atoms with van der Waals surface area (Å²) in [6, 6.07) is 11.8. The van der Waals surface area contributed by atoms with Crippen molar-refractivity contribution in [3.8, 4) is 0 Å². The summed E-state index contributed by atoms with van der Waals surface area (Å²) in [5.74, 6) is -2.02. The van der Waals surface area contributed by atoms with Crippen molar-refractivity contribution in [3.05, 3.63) is 54.3 Å². The fourth-order valence-corrected chi connectivity index (χ4v) is 2.41. The zero-order valence-corrected chi connectivity index (χ0v) is 16.4. The molecule has 0 fully saturated rings. The van der Waals surface area contributed by atoms with E-state index in [1.807, 2.05) is 0 Å². The summed E-state index contributed by atoms with van der Waals surface area (Å²) < 4.78 is 17.7. The van der Waals surface area contributed by atoms with E-state index in [2.05, 4.69) is 16.0 Å². The smallest absolute Gasteiger partial charge is 0.306 e. The van der Waals surface area contributed by atoms with Crippen LogP contribution in [0.15, 0.2) is 48.5 Å². The van der Waals surface area contributed by atoms with E-state index < -0.39 is 24.3 Å². The van der Waals surface area contributed by atoms with Gasteiger partial charge < -0.3 is 20.7 Å². The number of halogens is 1. The molecule has 0 unspecified atom stereocenters. The molecule has 0 atom stereocenters. The number of hydrogen-bond donors (Lipinski definition) is 3. The number of nitrogens with one attached hydrogen (secondary N) is 3. The Balaban J connectivity index is 1.62. The molecule has 0 radical (unpaired) electrons. The van der Waals surface area contributed by atoms with Gasteiger partial charge in [0.15, 0.2) is 6.61 Å². The molecule has 2 aromatic carbocycles. The summed E-state index contributed by atoms with van der Waals surface area (Å²) in [4.78, 5) is 46.3. The maximum atomic E-state index is 12.8. The number of esters is 1. The van der Waals surface area contributed by atoms with Crippen molar-refractivity contribution in [2.75, 3.05) is 22.6 Å². The van der Waals surface area contributed by atoms with Crippen molar-refractivity contribution in [1.29, 1.82) is 0 Å². The summed E-state index contributed by atoms with van der Waals surface area (Å²) in [6.07, 6.45) is 0.312. The Morgan fingerprint density at radius 2 is 1.27 bits per heavy atom. The van der Waals surface area contributed by atoms with Gasteiger partial charge in [-0.3, -0.25) is 19.2 Å². The van der Waals surface area contributed by atoms with Gasteiger partial charge in [0.2, 0.25) is 11.8 Å². The maximum Gasteiger partial charge on any atom is 0.306 e. The van der Waals surface area contributed by atoms with E-state index in [4.69, 9.17) is 4.74 Å². The number of hydrogen-bond acceptors (Lipinski definition) is 5. The van der Waals surface area contributed by atoms with E-state index in [1.54, 1.807) is 24.3 Å². The maximum absolute atomic E-state index is 12.8. The molecule has 158 valence electrons. The Labute approximate surface area is 172 Å². The molecule has 30 heavy (non-hydrogen) atoms. The van der Waals surface area contributed by atoms with Gasteiger partial charge in [-0.1, -0.05) is 0 Å². The van der Waals surface area contributed by atoms with Crippen LogP contribution in [0, 0.1) is 5.82 Å². The molecule has 8 nitrogen and oxygen atoms in total. The van der Waals surface area contributed by atoms with Gasteiger partial charge in [0, 0.05) is 36.8 Å². The minimum atomic E-state index is -0.597. The van der Waals surface area contributed by atoms with Gasteiger partial charge in [-0.15, -0.1) is 0 Å². The number of carbonyl (C=O) groups is 4. The van der Waals surface area contributed by atoms with E-state index >= 15 is 0 Å². The van der Waals surface area contributed by atoms with Crippen molar-refractivity contribution in [2.45, 2.75) is 26.2 Å². The molecule has 0 bridgehead atoms. The van der Waals surface area contributed by atoms with Crippen molar-refractivity contribution >= 4 is 40.8 Å². The first-order valence-electron chi connectivity index (χ1n) is 9.20. The Hall–Kier alpha value is -3.75. The van der Waals surface area contributed by atoms with E-state index in [0.29, 0.717) is 17.1 Å². The number of benzene rings is 2. The summed E-state index contributed by atoms with van der Waals surface area (Å²) in [6.45, 7) is 0.941. The fourth-order valence-electron chi connectivity index (χ4n) is 2.41. The topological polar surface area (TPSA) is 114 Å². The van der Waals surface area contributed by atoms with Crippen LogP contribution >= 0.6 is 0 Å². The lowest BCUT2D eigenvalue weighted by molar-refractivity contribution is -0.147. The molecule has 2 aromatic rings. The first-order chi connectivity index (χ1) is 14.3. The predicted octanol–water partition coefficient (Wildman–Crippen LogP) is 3.07. The second kappa shape index (κ2) is 11.3. The lowest BCUT2D eigenvalue weighted by Gasteiger charge is -2.08. The number of rotatable bonds is 9. The van der Waals surface area contributed by atoms with Gasteiger partial charge in [0.25, 0.3) is 5.91 Å². The normalized spacial score (nSPS) is 10.1. The van der Waals surface area contributed by atoms with Gasteiger partial charge in [-0.2, -0.15) is 0 Å². The quantitative estimate of drug-likeness (QED) is 0.545. The Bertz CT molecular complexity index is 898. The molecule has 0 aliphatic heterocycles. The standard InChI is InChI=1S/C21H22FN3O5/c1-14(26)23-16-9-11-18(12-10-16)25-20(28)13-30-21(29)4-2-3-19(27)24-17-7-5-15(22)6-8-17/h5-12H,2-4,13H2,1H3,(H,23,26)(H,24,27)(H,25,28). The third-order valence-electron chi connectivity index (χ3n) is 3.77. The highest BCUT2D eigenvalue weighted by atomic mass is 19.1. The minimum Gasteiger partial charge on any atom is -0.456 e. The molecular formula is C21H22FN3O5. The Morgan fingerprint density at radius 3 is 1.83 bits per heavy atom. The molecule has 3 N–H and O–H groups in total. The van der Waals surface area contributed by atoms with Gasteiger partial charge in [0.05, 0.1) is 0 Å². The average molecular weight is 415 g/mol. The summed E-state index contributed by atoms with van der Waals surface area (Å²) in [5, 5.41) is 7.76. The molecule has 0 aliphatic rings. The number of amides is 3. The minimum absolute atomic E-state index is 0.0183. The lowest BCUT2D eigenvalue weighted by Crippen LogP contribution is -2.21. The van der Waals surface area contributed by atoms with Crippen LogP contribution in [0.25, 0.3) is 0 Å². The molecule has 0 spiro atoms. The molecule has 3 amide bonds. The summed E-state index contributed by atoms with van der Waals surface area (Å²) in [7, 11) is 0. The summed E-state index contributed by atoms with van der Waals surface area (Å²) in [5.41, 5.74) is 1.55. The monoisotopic (exact) mass is 415 g/mol. The fraction of sp³-hybridized carbons (Fsp3) is 0.238. The van der Waals surface area contributed by atoms with Crippen LogP contribution in [0.3, 0.4) is 0 Å². The van der Waals surface area contributed by atoms with Crippen LogP contribution < -0.4 is 16.0 Å². The highest BCUT2D eigenvalue weighted by Crippen LogP contribution is 2.13. The molecule has 0 heterocycles. The van der Waals surface area contributed by atoms with Crippen LogP contribution in [-0.4, -0.2) is 30.3 Å². The van der Waals surface area contributed by atoms with Crippen molar-refractivity contribution < 1.29 is 28.3 Å². The van der Waals surface area contributed by atoms with Crippen molar-refractivity contribution in [2.24, 2.45) is 0 Å². The van der Waals surface area contributed by atoms with E-state index in [-0.39, 0.29) is 31.1 Å². The summed E-state index contributed by atoms with van der Waals surface area (Å²) >= 11 is 0. The highest BCUT2D eigenvalue weighted by molar-refractivity contribution is 5.94. The lowest BCUT2D eigenvalue weighted by atomic mass is 10.2. The third kappa shape index (κ3) is 8.51. The van der Waals surface area contributed by atoms with Gasteiger partial charge in [-0.05, 0) is 55.0 Å². The van der Waals surface area contributed by atoms with Gasteiger partial charge in [0.1, 0.15) is 5.82 Å². The first-order valence-corrected chi connectivity index (χ1v) is 9.20. The second-order valence-corrected chi connectivity index (χ2v) is 6.38. The zero-order chi connectivity index (χ0) is 21.9. The Morgan fingerprint density at radius 1 is 0.767 bits per heavy atom. The molecular weight excluding hydrogens is 393 g/mol. The number of anilines is 3. The number of carbonyl (C=O) groups excluding carboxylic acids is 4. The molecule has 0 saturated carbocycles. The van der Waals surface area contributed by atoms with Crippen LogP contribution in [0.5, 0.6) is 0 Å². The van der Waals surface area contributed by atoms with Gasteiger partial charge >= 0.3 is 5.97 Å². The van der Waals surface area contributed by atoms with Crippen molar-refractivity contribution in [1.82, 2.24) is 0 Å². The SMILES string of the molecule is CC(=O)Nc1ccc(NC(=O)COC(=O)CCCC(=O)Nc2ccc(F)cc2)cc1. The van der Waals surface area contributed by atoms with Gasteiger partial charge in [-0.25, -0.2) is 4.39 Å². The Kier molecular flexibility index (Phi) is 8.49. The molecule has 9 heteroatoms.